The number of ether oxygens (including phenoxy) is 2. The van der Waals surface area contributed by atoms with E-state index in [0.29, 0.717) is 57.9 Å². The van der Waals surface area contributed by atoms with Gasteiger partial charge in [-0.25, -0.2) is 0 Å². The van der Waals surface area contributed by atoms with Crippen LogP contribution in [0.25, 0.3) is 44.5 Å². The normalized spacial score (nSPS) is 12.4. The van der Waals surface area contributed by atoms with Crippen LogP contribution in [0.5, 0.6) is 0 Å². The highest BCUT2D eigenvalue weighted by Gasteiger charge is 2.26. The summed E-state index contributed by atoms with van der Waals surface area (Å²) in [5, 5.41) is 53.8. The average molecular weight is 1360 g/mol. The molecule has 0 unspecified atom stereocenters. The van der Waals surface area contributed by atoms with Gasteiger partial charge >= 0.3 is 11.9 Å². The van der Waals surface area contributed by atoms with E-state index < -0.39 is 42.3 Å². The van der Waals surface area contributed by atoms with E-state index in [1.165, 1.54) is 16.7 Å². The third-order valence-electron chi connectivity index (χ3n) is 17.2. The maximum atomic E-state index is 11.8. The van der Waals surface area contributed by atoms with Gasteiger partial charge in [0.05, 0.1) is 24.0 Å². The van der Waals surface area contributed by atoms with Gasteiger partial charge in [-0.2, -0.15) is 0 Å². The van der Waals surface area contributed by atoms with E-state index in [1.807, 2.05) is 238 Å². The van der Waals surface area contributed by atoms with Crippen molar-refractivity contribution in [3.8, 4) is 44.5 Å². The van der Waals surface area contributed by atoms with E-state index >= 15 is 0 Å². The van der Waals surface area contributed by atoms with Crippen LogP contribution >= 0.6 is 0 Å². The number of carbonyl (C=O) groups excluding carboxylic acids is 2. The minimum Gasteiger partial charge on any atom is -0.481 e. The molecule has 0 saturated carbocycles. The number of benzene rings is 11. The van der Waals surface area contributed by atoms with Gasteiger partial charge in [0.1, 0.15) is 12.2 Å². The summed E-state index contributed by atoms with van der Waals surface area (Å²) in [6, 6.07) is 103. The quantitative estimate of drug-likeness (QED) is 0.0253. The number of carboxylic acid groups (broad SMARTS) is 2. The van der Waals surface area contributed by atoms with Gasteiger partial charge in [0.2, 0.25) is 0 Å². The van der Waals surface area contributed by atoms with Crippen molar-refractivity contribution in [3.63, 3.8) is 0 Å². The summed E-state index contributed by atoms with van der Waals surface area (Å²) in [6.45, 7) is 4.77. The molecule has 0 bridgehead atoms. The number of aliphatic carboxylic acids is 2. The van der Waals surface area contributed by atoms with Gasteiger partial charge in [-0.05, 0) is 115 Å². The molecule has 0 aromatic heterocycles. The van der Waals surface area contributed by atoms with E-state index in [1.54, 1.807) is 0 Å². The molecule has 0 aliphatic rings. The summed E-state index contributed by atoms with van der Waals surface area (Å²) < 4.78 is 10.3. The fraction of sp³-hybridized carbons (Fsp3) is 0.213. The van der Waals surface area contributed by atoms with Crippen LogP contribution in [0.4, 0.5) is 0 Å². The Hall–Kier alpha value is -10.9. The molecule has 12 heteroatoms. The lowest BCUT2D eigenvalue weighted by atomic mass is 9.84. The molecule has 0 saturated heterocycles. The minimum atomic E-state index is -0.753. The SMILES string of the molecule is CC[C@H](Cc1ccc(-c2ccccc2)cc1)C(=O)O.CO.CO.C[C@@H](Cc1ccccc1)[C@H](Cc1ccc(-c2ccccc2)cc1)C(=O)O.O=CO[C@@H](Cc1ccc(-c2ccccc2)cc1)[C@@H](O)Cc1ccccc1.O=CO[C@@H](Cc1ccc(-c2ccccc2)cc1)[C@H](O)Cc1ccccc1. The number of hydrogen-bond donors (Lipinski definition) is 6. The highest BCUT2D eigenvalue weighted by molar-refractivity contribution is 5.72. The van der Waals surface area contributed by atoms with E-state index in [2.05, 4.69) is 84.9 Å². The molecule has 6 N–H and O–H groups in total. The second kappa shape index (κ2) is 44.9. The molecular formula is C89H94O12. The molecule has 0 heterocycles. The van der Waals surface area contributed by atoms with Crippen LogP contribution in [-0.4, -0.2) is 94.2 Å². The second-order valence-corrected chi connectivity index (χ2v) is 24.2. The smallest absolute Gasteiger partial charge is 0.307 e. The fourth-order valence-electron chi connectivity index (χ4n) is 11.6. The van der Waals surface area contributed by atoms with Gasteiger partial charge in [-0.3, -0.25) is 19.2 Å². The highest BCUT2D eigenvalue weighted by atomic mass is 16.5. The first-order valence-electron chi connectivity index (χ1n) is 33.9. The lowest BCUT2D eigenvalue weighted by molar-refractivity contribution is -0.144. The average Bonchev–Trinajstić information content (AvgIpc) is 0.904. The maximum absolute atomic E-state index is 11.8. The summed E-state index contributed by atoms with van der Waals surface area (Å²) in [7, 11) is 2.00. The molecule has 11 aromatic rings. The Morgan fingerprint density at radius 2 is 0.535 bits per heavy atom. The largest absolute Gasteiger partial charge is 0.481 e. The van der Waals surface area contributed by atoms with E-state index in [0.717, 1.165) is 87.4 Å². The van der Waals surface area contributed by atoms with Crippen LogP contribution in [0.15, 0.2) is 309 Å². The molecule has 0 amide bonds. The zero-order chi connectivity index (χ0) is 72.4. The number of aliphatic hydroxyl groups is 4. The zero-order valence-electron chi connectivity index (χ0n) is 57.9. The highest BCUT2D eigenvalue weighted by Crippen LogP contribution is 2.28. The molecule has 11 rings (SSSR count). The third-order valence-corrected chi connectivity index (χ3v) is 17.2. The van der Waals surface area contributed by atoms with Crippen molar-refractivity contribution in [1.82, 2.24) is 0 Å². The van der Waals surface area contributed by atoms with Crippen LogP contribution < -0.4 is 0 Å². The van der Waals surface area contributed by atoms with Crippen molar-refractivity contribution in [2.45, 2.75) is 89.6 Å². The van der Waals surface area contributed by atoms with E-state index in [9.17, 15) is 34.5 Å². The zero-order valence-corrected chi connectivity index (χ0v) is 57.9. The first-order valence-corrected chi connectivity index (χ1v) is 33.9. The first-order chi connectivity index (χ1) is 49.4. The van der Waals surface area contributed by atoms with Crippen molar-refractivity contribution in [2.24, 2.45) is 17.8 Å². The number of carboxylic acids is 2. The Morgan fingerprint density at radius 1 is 0.307 bits per heavy atom. The van der Waals surface area contributed by atoms with Crippen molar-refractivity contribution in [1.29, 1.82) is 0 Å². The number of aliphatic hydroxyl groups excluding tert-OH is 4. The molecule has 0 aliphatic heterocycles. The number of carbonyl (C=O) groups is 4. The van der Waals surface area contributed by atoms with Crippen LogP contribution in [0, 0.1) is 17.8 Å². The molecule has 0 aliphatic carbocycles. The molecule has 101 heavy (non-hydrogen) atoms. The van der Waals surface area contributed by atoms with E-state index in [-0.39, 0.29) is 11.8 Å². The fourth-order valence-corrected chi connectivity index (χ4v) is 11.6. The maximum Gasteiger partial charge on any atom is 0.307 e. The number of rotatable bonds is 28. The Morgan fingerprint density at radius 3 is 0.782 bits per heavy atom. The molecule has 0 fully saturated rings. The molecule has 12 nitrogen and oxygen atoms in total. The van der Waals surface area contributed by atoms with Gasteiger partial charge in [0.15, 0.2) is 0 Å². The standard InChI is InChI=1S/C24H24O2.2C23H22O3.C17H18O2.2CH4O/c1-18(16-19-8-4-2-5-9-19)23(24(25)26)17-20-12-14-22(15-13-20)21-10-6-3-7-11-21;2*24-17-26-23(22(25)15-18-7-3-1-4-8-18)16-19-11-13-21(14-12-19)20-9-5-2-6-10-20;1-2-14(17(18)19)12-13-8-10-16(11-9-13)15-6-4-3-5-7-15;2*1-2/h2-15,18,23H,16-17H2,1H3,(H,25,26);2*1-14,17,22-23,25H,15-16H2;3-11,14H,2,12H2,1H3,(H,18,19);2*2H,1H3/t18-,23-;22-,23+;22-,23-;14-;;/m0101../s1. The van der Waals surface area contributed by atoms with Crippen molar-refractivity contribution >= 4 is 24.9 Å². The van der Waals surface area contributed by atoms with Gasteiger partial charge in [-0.1, -0.05) is 323 Å². The van der Waals surface area contributed by atoms with Crippen LogP contribution in [-0.2, 0) is 73.6 Å². The van der Waals surface area contributed by atoms with Gasteiger partial charge < -0.3 is 40.1 Å². The first kappa shape index (κ1) is 79.1. The molecule has 11 aromatic carbocycles. The van der Waals surface area contributed by atoms with Crippen molar-refractivity contribution in [2.75, 3.05) is 14.2 Å². The van der Waals surface area contributed by atoms with Gasteiger partial charge in [0.25, 0.3) is 12.9 Å². The lowest BCUT2D eigenvalue weighted by Crippen LogP contribution is -2.32. The molecule has 7 atom stereocenters. The summed E-state index contributed by atoms with van der Waals surface area (Å²) in [4.78, 5) is 44.6. The van der Waals surface area contributed by atoms with Crippen molar-refractivity contribution < 1.29 is 59.3 Å². The monoisotopic (exact) mass is 1350 g/mol. The lowest BCUT2D eigenvalue weighted by Gasteiger charge is -2.21. The van der Waals surface area contributed by atoms with Gasteiger partial charge in [-0.15, -0.1) is 0 Å². The molecular weight excluding hydrogens is 1260 g/mol. The predicted octanol–water partition coefficient (Wildman–Crippen LogP) is 16.8. The van der Waals surface area contributed by atoms with Gasteiger partial charge in [0, 0.05) is 39.9 Å². The van der Waals surface area contributed by atoms with Crippen LogP contribution in [0.2, 0.25) is 0 Å². The second-order valence-electron chi connectivity index (χ2n) is 24.2. The molecule has 0 spiro atoms. The Balaban J connectivity index is 0.000000210. The summed E-state index contributed by atoms with van der Waals surface area (Å²) >= 11 is 0. The minimum absolute atomic E-state index is 0.0729. The van der Waals surface area contributed by atoms with Crippen LogP contribution in [0.1, 0.15) is 59.2 Å². The Bertz CT molecular complexity index is 3870. The van der Waals surface area contributed by atoms with Crippen molar-refractivity contribution in [3.05, 3.63) is 348 Å². The Kier molecular flexibility index (Phi) is 35.2. The summed E-state index contributed by atoms with van der Waals surface area (Å²) in [6.07, 6.45) is 1.78. The Labute approximate surface area is 595 Å². The van der Waals surface area contributed by atoms with E-state index in [4.69, 9.17) is 24.8 Å². The predicted molar refractivity (Wildman–Crippen MR) is 405 cm³/mol. The molecule has 0 radical (unpaired) electrons. The van der Waals surface area contributed by atoms with Crippen LogP contribution in [0.3, 0.4) is 0 Å². The summed E-state index contributed by atoms with van der Waals surface area (Å²) in [5.74, 6) is -2.04. The topological polar surface area (TPSA) is 208 Å². The molecule has 522 valence electrons. The third kappa shape index (κ3) is 27.4. The number of hydrogen-bond acceptors (Lipinski definition) is 10. The summed E-state index contributed by atoms with van der Waals surface area (Å²) in [5.41, 5.74) is 16.6.